The second-order valence-electron chi connectivity index (χ2n) is 4.02. The van der Waals surface area contributed by atoms with Crippen LogP contribution in [0.15, 0.2) is 42.5 Å². The van der Waals surface area contributed by atoms with Gasteiger partial charge in [0.1, 0.15) is 0 Å². The summed E-state index contributed by atoms with van der Waals surface area (Å²) in [5.74, 6) is 0. The smallest absolute Gasteiger partial charge is 0.180 e. The Balaban J connectivity index is 2.21. The summed E-state index contributed by atoms with van der Waals surface area (Å²) in [6, 6.07) is 14.7. The molecule has 0 fully saturated rings. The third-order valence-electron chi connectivity index (χ3n) is 2.84. The molecule has 1 aromatic heterocycles. The molecule has 0 amide bonds. The molecule has 84 valence electrons. The molecule has 0 bridgehead atoms. The third-order valence-corrected chi connectivity index (χ3v) is 3.64. The number of rotatable bonds is 1. The molecule has 2 aromatic carbocycles. The summed E-state index contributed by atoms with van der Waals surface area (Å²) in [4.78, 5) is 5.55. The highest BCUT2D eigenvalue weighted by atomic mass is 32.1. The van der Waals surface area contributed by atoms with Gasteiger partial charge in [0.15, 0.2) is 5.13 Å². The molecule has 0 aliphatic heterocycles. The summed E-state index contributed by atoms with van der Waals surface area (Å²) >= 11 is 1.54. The Morgan fingerprint density at radius 3 is 2.53 bits per heavy atom. The van der Waals surface area contributed by atoms with Crippen LogP contribution in [0.2, 0.25) is 0 Å². The Labute approximate surface area is 104 Å². The highest BCUT2D eigenvalue weighted by Crippen LogP contribution is 2.30. The van der Waals surface area contributed by atoms with Crippen LogP contribution in [0.1, 0.15) is 4.88 Å². The van der Waals surface area contributed by atoms with Crippen LogP contribution in [0.25, 0.3) is 22.0 Å². The van der Waals surface area contributed by atoms with Crippen molar-refractivity contribution in [3.8, 4) is 11.3 Å². The first-order valence-corrected chi connectivity index (χ1v) is 6.28. The molecule has 0 saturated heterocycles. The molecular formula is C14H12N2S. The molecule has 0 aliphatic carbocycles. The van der Waals surface area contributed by atoms with Gasteiger partial charge in [-0.25, -0.2) is 4.98 Å². The van der Waals surface area contributed by atoms with Crippen molar-refractivity contribution >= 4 is 27.2 Å². The van der Waals surface area contributed by atoms with E-state index in [0.29, 0.717) is 5.13 Å². The number of aryl methyl sites for hydroxylation is 1. The molecule has 0 unspecified atom stereocenters. The minimum absolute atomic E-state index is 0.630. The molecule has 1 heterocycles. The van der Waals surface area contributed by atoms with Gasteiger partial charge < -0.3 is 5.73 Å². The molecule has 2 N–H and O–H groups in total. The summed E-state index contributed by atoms with van der Waals surface area (Å²) in [6.45, 7) is 2.05. The molecule has 0 atom stereocenters. The van der Waals surface area contributed by atoms with E-state index in [1.165, 1.54) is 22.1 Å². The van der Waals surface area contributed by atoms with Crippen molar-refractivity contribution in [3.63, 3.8) is 0 Å². The van der Waals surface area contributed by atoms with Crippen molar-refractivity contribution < 1.29 is 0 Å². The Bertz CT molecular complexity index is 686. The number of hydrogen-bond acceptors (Lipinski definition) is 3. The lowest BCUT2D eigenvalue weighted by Crippen LogP contribution is -1.84. The first-order valence-electron chi connectivity index (χ1n) is 5.46. The van der Waals surface area contributed by atoms with Gasteiger partial charge in [-0.05, 0) is 23.8 Å². The summed E-state index contributed by atoms with van der Waals surface area (Å²) in [6.07, 6.45) is 0. The maximum atomic E-state index is 5.74. The molecule has 0 saturated carbocycles. The van der Waals surface area contributed by atoms with Crippen LogP contribution < -0.4 is 5.73 Å². The van der Waals surface area contributed by atoms with Gasteiger partial charge in [0.25, 0.3) is 0 Å². The Kier molecular flexibility index (Phi) is 2.34. The Morgan fingerprint density at radius 1 is 1.06 bits per heavy atom. The summed E-state index contributed by atoms with van der Waals surface area (Å²) in [5, 5.41) is 3.11. The Morgan fingerprint density at radius 2 is 1.82 bits per heavy atom. The van der Waals surface area contributed by atoms with Crippen LogP contribution in [-0.4, -0.2) is 4.98 Å². The molecule has 0 radical (unpaired) electrons. The lowest BCUT2D eigenvalue weighted by atomic mass is 10.0. The fourth-order valence-corrected chi connectivity index (χ4v) is 2.73. The van der Waals surface area contributed by atoms with Gasteiger partial charge in [-0.2, -0.15) is 0 Å². The van der Waals surface area contributed by atoms with Crippen LogP contribution in [0.4, 0.5) is 5.13 Å². The maximum Gasteiger partial charge on any atom is 0.180 e. The zero-order chi connectivity index (χ0) is 11.8. The number of aromatic nitrogens is 1. The Hall–Kier alpha value is -1.87. The highest BCUT2D eigenvalue weighted by Gasteiger charge is 2.08. The van der Waals surface area contributed by atoms with Gasteiger partial charge in [0, 0.05) is 10.4 Å². The predicted molar refractivity (Wildman–Crippen MR) is 74.2 cm³/mol. The van der Waals surface area contributed by atoms with Gasteiger partial charge in [0.05, 0.1) is 5.69 Å². The second-order valence-corrected chi connectivity index (χ2v) is 5.25. The van der Waals surface area contributed by atoms with E-state index in [4.69, 9.17) is 5.73 Å². The second kappa shape index (κ2) is 3.86. The van der Waals surface area contributed by atoms with Crippen molar-refractivity contribution in [3.05, 3.63) is 47.3 Å². The average molecular weight is 240 g/mol. The molecule has 2 nitrogen and oxygen atoms in total. The lowest BCUT2D eigenvalue weighted by molar-refractivity contribution is 1.38. The number of nitrogens with two attached hydrogens (primary N) is 1. The van der Waals surface area contributed by atoms with Crippen LogP contribution in [0.5, 0.6) is 0 Å². The van der Waals surface area contributed by atoms with Crippen molar-refractivity contribution in [2.24, 2.45) is 0 Å². The van der Waals surface area contributed by atoms with E-state index in [9.17, 15) is 0 Å². The monoisotopic (exact) mass is 240 g/mol. The molecule has 3 heteroatoms. The number of nitrogens with zero attached hydrogens (tertiary/aromatic N) is 1. The molecule has 17 heavy (non-hydrogen) atoms. The van der Waals surface area contributed by atoms with Crippen molar-refractivity contribution in [1.82, 2.24) is 4.98 Å². The minimum Gasteiger partial charge on any atom is -0.375 e. The van der Waals surface area contributed by atoms with Crippen molar-refractivity contribution in [1.29, 1.82) is 0 Å². The predicted octanol–water partition coefficient (Wildman–Crippen LogP) is 3.85. The fraction of sp³-hybridized carbons (Fsp3) is 0.0714. The molecule has 0 spiro atoms. The SMILES string of the molecule is Cc1sc(N)nc1-c1ccc2ccccc2c1. The van der Waals surface area contributed by atoms with E-state index in [1.807, 2.05) is 12.1 Å². The van der Waals surface area contributed by atoms with Crippen LogP contribution >= 0.6 is 11.3 Å². The number of nitrogen functional groups attached to an aromatic ring is 1. The number of hydrogen-bond donors (Lipinski definition) is 1. The minimum atomic E-state index is 0.630. The van der Waals surface area contributed by atoms with Crippen molar-refractivity contribution in [2.45, 2.75) is 6.92 Å². The largest absolute Gasteiger partial charge is 0.375 e. The highest BCUT2D eigenvalue weighted by molar-refractivity contribution is 7.15. The van der Waals surface area contributed by atoms with E-state index in [0.717, 1.165) is 16.1 Å². The van der Waals surface area contributed by atoms with E-state index >= 15 is 0 Å². The number of anilines is 1. The van der Waals surface area contributed by atoms with Gasteiger partial charge in [-0.3, -0.25) is 0 Å². The average Bonchev–Trinajstić information content (AvgIpc) is 2.68. The summed E-state index contributed by atoms with van der Waals surface area (Å²) in [7, 11) is 0. The van der Waals surface area contributed by atoms with Gasteiger partial charge in [-0.15, -0.1) is 11.3 Å². The number of fused-ring (bicyclic) bond motifs is 1. The fourth-order valence-electron chi connectivity index (χ4n) is 2.02. The first-order chi connectivity index (χ1) is 8.24. The van der Waals surface area contributed by atoms with E-state index < -0.39 is 0 Å². The van der Waals surface area contributed by atoms with Gasteiger partial charge in [-0.1, -0.05) is 36.4 Å². The molecule has 0 aliphatic rings. The molecule has 3 aromatic rings. The summed E-state index contributed by atoms with van der Waals surface area (Å²) in [5.41, 5.74) is 7.87. The van der Waals surface area contributed by atoms with Gasteiger partial charge in [0.2, 0.25) is 0 Å². The number of benzene rings is 2. The van der Waals surface area contributed by atoms with Crippen LogP contribution in [-0.2, 0) is 0 Å². The van der Waals surface area contributed by atoms with Gasteiger partial charge >= 0.3 is 0 Å². The van der Waals surface area contributed by atoms with Crippen molar-refractivity contribution in [2.75, 3.05) is 5.73 Å². The standard InChI is InChI=1S/C14H12N2S/c1-9-13(16-14(15)17-9)12-7-6-10-4-2-3-5-11(10)8-12/h2-8H,1H3,(H2,15,16). The molecule has 3 rings (SSSR count). The topological polar surface area (TPSA) is 38.9 Å². The lowest BCUT2D eigenvalue weighted by Gasteiger charge is -2.02. The van der Waals surface area contributed by atoms with E-state index in [1.54, 1.807) is 0 Å². The maximum absolute atomic E-state index is 5.74. The van der Waals surface area contributed by atoms with E-state index in [2.05, 4.69) is 42.2 Å². The zero-order valence-electron chi connectivity index (χ0n) is 9.47. The van der Waals surface area contributed by atoms with E-state index in [-0.39, 0.29) is 0 Å². The first kappa shape index (κ1) is 10.3. The van der Waals surface area contributed by atoms with Crippen LogP contribution in [0, 0.1) is 6.92 Å². The van der Waals surface area contributed by atoms with Crippen LogP contribution in [0.3, 0.4) is 0 Å². The number of thiazole rings is 1. The molecular weight excluding hydrogens is 228 g/mol. The third kappa shape index (κ3) is 1.78. The summed E-state index contributed by atoms with van der Waals surface area (Å²) < 4.78 is 0. The quantitative estimate of drug-likeness (QED) is 0.701. The zero-order valence-corrected chi connectivity index (χ0v) is 10.3. The normalized spacial score (nSPS) is 10.9.